The van der Waals surface area contributed by atoms with Crippen LogP contribution in [0.15, 0.2) is 41.4 Å². The Bertz CT molecular complexity index is 1310. The molecule has 43 heavy (non-hydrogen) atoms. The van der Waals surface area contributed by atoms with E-state index >= 15 is 8.78 Å². The van der Waals surface area contributed by atoms with Crippen molar-refractivity contribution in [1.82, 2.24) is 4.90 Å². The molecule has 234 valence electrons. The molecule has 0 heterocycles. The minimum absolute atomic E-state index is 0.0168. The number of ether oxygens (including phenoxy) is 2. The van der Waals surface area contributed by atoms with Gasteiger partial charge in [0.1, 0.15) is 35.1 Å². The predicted molar refractivity (Wildman–Crippen MR) is 156 cm³/mol. The van der Waals surface area contributed by atoms with Crippen LogP contribution < -0.4 is 5.73 Å². The topological polar surface area (TPSA) is 111 Å². The van der Waals surface area contributed by atoms with Crippen LogP contribution in [0.25, 0.3) is 0 Å². The Kier molecular flexibility index (Phi) is 11.4. The molecule has 0 aliphatic heterocycles. The van der Waals surface area contributed by atoms with Gasteiger partial charge in [-0.15, -0.1) is 0 Å². The highest BCUT2D eigenvalue weighted by atomic mass is 19.1. The molecule has 1 aliphatic carbocycles. The van der Waals surface area contributed by atoms with Crippen LogP contribution in [0.3, 0.4) is 0 Å². The standard InChI is InChI=1S/C32H40F3N3O5/c1-19(2)14-26(30(40)42-23-8-6-7-9-23)38(31(41)43-32(3,4)5)18-20-15-24(34)29(25(35)16-20)37-28(36)17-27(39)21-10-12-22(33)13-11-21/h10-13,15-16,19,23,26H,6-9,14,17-18H2,1-5H3,(H2,36,37)/t26-/m0/s1. The summed E-state index contributed by atoms with van der Waals surface area (Å²) < 4.78 is 54.8. The molecule has 0 aromatic heterocycles. The highest BCUT2D eigenvalue weighted by molar-refractivity contribution is 6.09. The fourth-order valence-corrected chi connectivity index (χ4v) is 4.77. The number of carbonyl (C=O) groups excluding carboxylic acids is 3. The van der Waals surface area contributed by atoms with Crippen LogP contribution in [0, 0.1) is 23.4 Å². The van der Waals surface area contributed by atoms with Gasteiger partial charge in [0.05, 0.1) is 13.0 Å². The summed E-state index contributed by atoms with van der Waals surface area (Å²) in [5.74, 6) is -4.14. The van der Waals surface area contributed by atoms with Crippen LogP contribution in [-0.2, 0) is 20.8 Å². The van der Waals surface area contributed by atoms with Crippen LogP contribution >= 0.6 is 0 Å². The maximum atomic E-state index is 15.2. The Labute approximate surface area is 250 Å². The van der Waals surface area contributed by atoms with E-state index in [2.05, 4.69) is 4.99 Å². The summed E-state index contributed by atoms with van der Waals surface area (Å²) in [5.41, 5.74) is 4.42. The number of benzene rings is 2. The van der Waals surface area contributed by atoms with Crippen molar-refractivity contribution in [3.63, 3.8) is 0 Å². The molecular formula is C32H40F3N3O5. The van der Waals surface area contributed by atoms with Gasteiger partial charge in [0.2, 0.25) is 0 Å². The first-order valence-corrected chi connectivity index (χ1v) is 14.4. The van der Waals surface area contributed by atoms with E-state index in [1.165, 1.54) is 12.1 Å². The van der Waals surface area contributed by atoms with Crippen molar-refractivity contribution in [2.45, 2.75) is 97.4 Å². The molecule has 1 amide bonds. The molecule has 1 atom stereocenters. The SMILES string of the molecule is CC(C)C[C@@H](C(=O)OC1CCCC1)N(Cc1cc(F)c(N=C(N)CC(=O)c2ccc(F)cc2)c(F)c1)C(=O)OC(C)(C)C. The second kappa shape index (κ2) is 14.5. The zero-order valence-corrected chi connectivity index (χ0v) is 25.3. The molecule has 0 unspecified atom stereocenters. The van der Waals surface area contributed by atoms with Crippen LogP contribution in [0.1, 0.15) is 89.1 Å². The van der Waals surface area contributed by atoms with Crippen molar-refractivity contribution in [2.24, 2.45) is 16.6 Å². The largest absolute Gasteiger partial charge is 0.461 e. The van der Waals surface area contributed by atoms with E-state index in [4.69, 9.17) is 15.2 Å². The van der Waals surface area contributed by atoms with Gasteiger partial charge < -0.3 is 15.2 Å². The van der Waals surface area contributed by atoms with E-state index in [1.54, 1.807) is 20.8 Å². The van der Waals surface area contributed by atoms with Crippen molar-refractivity contribution in [2.75, 3.05) is 0 Å². The predicted octanol–water partition coefficient (Wildman–Crippen LogP) is 7.00. The summed E-state index contributed by atoms with van der Waals surface area (Å²) in [5, 5.41) is 0. The lowest BCUT2D eigenvalue weighted by Crippen LogP contribution is -2.48. The molecule has 2 N–H and O–H groups in total. The van der Waals surface area contributed by atoms with Gasteiger partial charge in [0.25, 0.3) is 0 Å². The minimum atomic E-state index is -1.08. The van der Waals surface area contributed by atoms with Gasteiger partial charge in [0.15, 0.2) is 17.4 Å². The summed E-state index contributed by atoms with van der Waals surface area (Å²) in [4.78, 5) is 44.1. The Morgan fingerprint density at radius 2 is 1.60 bits per heavy atom. The van der Waals surface area contributed by atoms with E-state index in [1.807, 2.05) is 13.8 Å². The molecule has 2 aromatic rings. The first-order valence-electron chi connectivity index (χ1n) is 14.4. The monoisotopic (exact) mass is 603 g/mol. The van der Waals surface area contributed by atoms with Crippen LogP contribution in [-0.4, -0.2) is 46.3 Å². The Morgan fingerprint density at radius 1 is 1.02 bits per heavy atom. The van der Waals surface area contributed by atoms with Crippen molar-refractivity contribution in [3.05, 3.63) is 65.0 Å². The zero-order chi connectivity index (χ0) is 31.9. The quantitative estimate of drug-likeness (QED) is 0.128. The zero-order valence-electron chi connectivity index (χ0n) is 25.3. The molecule has 0 spiro atoms. The van der Waals surface area contributed by atoms with Crippen LogP contribution in [0.2, 0.25) is 0 Å². The number of halogens is 3. The third-order valence-electron chi connectivity index (χ3n) is 6.75. The third-order valence-corrected chi connectivity index (χ3v) is 6.75. The number of hydrogen-bond donors (Lipinski definition) is 1. The van der Waals surface area contributed by atoms with E-state index in [-0.39, 0.29) is 41.9 Å². The molecule has 0 radical (unpaired) electrons. The first kappa shape index (κ1) is 33.6. The van der Waals surface area contributed by atoms with Gasteiger partial charge in [-0.3, -0.25) is 9.69 Å². The van der Waals surface area contributed by atoms with E-state index < -0.39 is 59.0 Å². The van der Waals surface area contributed by atoms with Crippen LogP contribution in [0.5, 0.6) is 0 Å². The summed E-state index contributed by atoms with van der Waals surface area (Å²) in [7, 11) is 0. The van der Waals surface area contributed by atoms with Gasteiger partial charge in [0, 0.05) is 5.56 Å². The Morgan fingerprint density at radius 3 is 2.14 bits per heavy atom. The second-order valence-corrected chi connectivity index (χ2v) is 12.2. The lowest BCUT2D eigenvalue weighted by atomic mass is 10.0. The van der Waals surface area contributed by atoms with E-state index in [0.29, 0.717) is 0 Å². The van der Waals surface area contributed by atoms with Crippen molar-refractivity contribution in [1.29, 1.82) is 0 Å². The molecule has 2 aromatic carbocycles. The van der Waals surface area contributed by atoms with Gasteiger partial charge in [-0.25, -0.2) is 27.8 Å². The summed E-state index contributed by atoms with van der Waals surface area (Å²) in [6.07, 6.45) is 2.10. The number of nitrogens with two attached hydrogens (primary N) is 1. The maximum absolute atomic E-state index is 15.2. The number of amidine groups is 1. The highest BCUT2D eigenvalue weighted by Gasteiger charge is 2.36. The van der Waals surface area contributed by atoms with E-state index in [9.17, 15) is 18.8 Å². The minimum Gasteiger partial charge on any atom is -0.461 e. The Balaban J connectivity index is 1.88. The smallest absolute Gasteiger partial charge is 0.411 e. The maximum Gasteiger partial charge on any atom is 0.411 e. The molecule has 8 nitrogen and oxygen atoms in total. The van der Waals surface area contributed by atoms with Gasteiger partial charge in [-0.1, -0.05) is 13.8 Å². The molecular weight excluding hydrogens is 563 g/mol. The van der Waals surface area contributed by atoms with Crippen molar-refractivity contribution in [3.8, 4) is 0 Å². The second-order valence-electron chi connectivity index (χ2n) is 12.2. The average Bonchev–Trinajstić information content (AvgIpc) is 3.40. The van der Waals surface area contributed by atoms with Crippen molar-refractivity contribution >= 4 is 29.4 Å². The highest BCUT2D eigenvalue weighted by Crippen LogP contribution is 2.28. The van der Waals surface area contributed by atoms with Gasteiger partial charge in [-0.05, 0) is 101 Å². The number of carbonyl (C=O) groups is 3. The van der Waals surface area contributed by atoms with Crippen LogP contribution in [0.4, 0.5) is 23.7 Å². The van der Waals surface area contributed by atoms with E-state index in [0.717, 1.165) is 54.8 Å². The number of Topliss-reactive ketones (excluding diaryl/α,β-unsaturated/α-hetero) is 1. The summed E-state index contributed by atoms with van der Waals surface area (Å²) in [6.45, 7) is 8.46. The molecule has 0 bridgehead atoms. The molecule has 11 heteroatoms. The Hall–Kier alpha value is -3.89. The number of aliphatic imine (C=N–C) groups is 1. The van der Waals surface area contributed by atoms with Gasteiger partial charge >= 0.3 is 12.1 Å². The normalized spacial score (nSPS) is 15.0. The summed E-state index contributed by atoms with van der Waals surface area (Å²) in [6, 6.07) is 5.69. The van der Waals surface area contributed by atoms with Gasteiger partial charge in [-0.2, -0.15) is 0 Å². The molecule has 1 aliphatic rings. The number of ketones is 1. The third kappa shape index (κ3) is 10.1. The first-order chi connectivity index (χ1) is 20.1. The fourth-order valence-electron chi connectivity index (χ4n) is 4.77. The number of nitrogens with zero attached hydrogens (tertiary/aromatic N) is 2. The summed E-state index contributed by atoms with van der Waals surface area (Å²) >= 11 is 0. The number of hydrogen-bond acceptors (Lipinski definition) is 6. The molecule has 1 fully saturated rings. The number of rotatable bonds is 11. The average molecular weight is 604 g/mol. The molecule has 3 rings (SSSR count). The van der Waals surface area contributed by atoms with Crippen molar-refractivity contribution < 1.29 is 37.0 Å². The lowest BCUT2D eigenvalue weighted by Gasteiger charge is -2.34. The fraction of sp³-hybridized carbons (Fsp3) is 0.500. The lowest BCUT2D eigenvalue weighted by molar-refractivity contribution is -0.156. The molecule has 0 saturated heterocycles. The number of esters is 1. The number of amides is 1. The molecule has 1 saturated carbocycles.